The number of carbonyl (C=O) groups excluding carboxylic acids is 1. The third-order valence-corrected chi connectivity index (χ3v) is 4.12. The number of carbonyl (C=O) groups is 1. The molecule has 0 aliphatic carbocycles. The molecular formula is C21H24ClNO3. The molecule has 2 aromatic rings. The smallest absolute Gasteiger partial charge is 0.308 e. The monoisotopic (exact) mass is 373 g/mol. The van der Waals surface area contributed by atoms with E-state index >= 15 is 0 Å². The van der Waals surface area contributed by atoms with Crippen molar-refractivity contribution in [3.63, 3.8) is 0 Å². The normalized spacial score (nSPS) is 13.9. The van der Waals surface area contributed by atoms with E-state index in [1.54, 1.807) is 6.07 Å². The van der Waals surface area contributed by atoms with Gasteiger partial charge in [0.15, 0.2) is 0 Å². The van der Waals surface area contributed by atoms with Crippen molar-refractivity contribution in [2.24, 2.45) is 0 Å². The molecule has 0 spiro atoms. The first-order valence-corrected chi connectivity index (χ1v) is 8.43. The standard InChI is InChI=1S/C21H23NO3.ClH/c1-15(23)25-17-10-11-21-20(13-17)19(9-6-12-22(2)3)18-8-5-4-7-16(18)14-24-21;/h4-5,7-11,13H,6,12,14H2,1-3H3;1H. The Morgan fingerprint density at radius 2 is 1.96 bits per heavy atom. The zero-order valence-corrected chi connectivity index (χ0v) is 16.1. The summed E-state index contributed by atoms with van der Waals surface area (Å²) in [6, 6.07) is 13.8. The Kier molecular flexibility index (Phi) is 6.83. The van der Waals surface area contributed by atoms with E-state index in [1.807, 2.05) is 24.3 Å². The SMILES string of the molecule is CC(=O)Oc1ccc2c(c1)C(=CCCN(C)C)c1ccccc1CO2.Cl. The average Bonchev–Trinajstić information content (AvgIpc) is 2.72. The van der Waals surface area contributed by atoms with Crippen molar-refractivity contribution in [1.29, 1.82) is 0 Å². The molecule has 0 saturated carbocycles. The van der Waals surface area contributed by atoms with Crippen LogP contribution in [-0.2, 0) is 11.4 Å². The van der Waals surface area contributed by atoms with Gasteiger partial charge in [0, 0.05) is 19.0 Å². The molecule has 3 rings (SSSR count). The Morgan fingerprint density at radius 1 is 1.19 bits per heavy atom. The topological polar surface area (TPSA) is 38.8 Å². The molecule has 0 unspecified atom stereocenters. The van der Waals surface area contributed by atoms with Crippen LogP contribution < -0.4 is 9.47 Å². The zero-order chi connectivity index (χ0) is 17.8. The molecule has 0 saturated heterocycles. The average molecular weight is 374 g/mol. The summed E-state index contributed by atoms with van der Waals surface area (Å²) in [5.41, 5.74) is 4.41. The van der Waals surface area contributed by atoms with Gasteiger partial charge >= 0.3 is 5.97 Å². The third-order valence-electron chi connectivity index (χ3n) is 4.12. The maximum atomic E-state index is 11.3. The van der Waals surface area contributed by atoms with Gasteiger partial charge in [-0.1, -0.05) is 30.3 Å². The highest BCUT2D eigenvalue weighted by atomic mass is 35.5. The lowest BCUT2D eigenvalue weighted by molar-refractivity contribution is -0.131. The summed E-state index contributed by atoms with van der Waals surface area (Å²) in [6.07, 6.45) is 3.16. The van der Waals surface area contributed by atoms with E-state index in [9.17, 15) is 4.79 Å². The first-order valence-electron chi connectivity index (χ1n) is 8.43. The lowest BCUT2D eigenvalue weighted by Gasteiger charge is -2.13. The predicted molar refractivity (Wildman–Crippen MR) is 106 cm³/mol. The van der Waals surface area contributed by atoms with Gasteiger partial charge in [-0.2, -0.15) is 0 Å². The summed E-state index contributed by atoms with van der Waals surface area (Å²) < 4.78 is 11.3. The zero-order valence-electron chi connectivity index (χ0n) is 15.3. The van der Waals surface area contributed by atoms with E-state index in [-0.39, 0.29) is 18.4 Å². The second kappa shape index (κ2) is 8.88. The Hall–Kier alpha value is -2.30. The number of halogens is 1. The molecule has 0 fully saturated rings. The number of nitrogens with zero attached hydrogens (tertiary/aromatic N) is 1. The quantitative estimate of drug-likeness (QED) is 0.591. The minimum atomic E-state index is -0.326. The molecule has 26 heavy (non-hydrogen) atoms. The van der Waals surface area contributed by atoms with E-state index < -0.39 is 0 Å². The molecule has 0 bridgehead atoms. The molecule has 2 aromatic carbocycles. The van der Waals surface area contributed by atoms with Gasteiger partial charge in [0.05, 0.1) is 0 Å². The third kappa shape index (κ3) is 4.65. The van der Waals surface area contributed by atoms with E-state index in [4.69, 9.17) is 9.47 Å². The predicted octanol–water partition coefficient (Wildman–Crippen LogP) is 4.31. The highest BCUT2D eigenvalue weighted by Crippen LogP contribution is 2.38. The Labute approximate surface area is 160 Å². The van der Waals surface area contributed by atoms with Gasteiger partial charge in [-0.25, -0.2) is 0 Å². The van der Waals surface area contributed by atoms with Gasteiger partial charge in [0.1, 0.15) is 18.1 Å². The Balaban J connectivity index is 0.00000243. The van der Waals surface area contributed by atoms with Crippen LogP contribution in [0.4, 0.5) is 0 Å². The van der Waals surface area contributed by atoms with Crippen LogP contribution in [0.15, 0.2) is 48.5 Å². The summed E-state index contributed by atoms with van der Waals surface area (Å²) in [4.78, 5) is 13.5. The Bertz CT molecular complexity index is 815. The van der Waals surface area contributed by atoms with Crippen molar-refractivity contribution in [1.82, 2.24) is 4.90 Å². The fourth-order valence-electron chi connectivity index (χ4n) is 2.97. The van der Waals surface area contributed by atoms with Crippen LogP contribution in [0, 0.1) is 0 Å². The van der Waals surface area contributed by atoms with Gasteiger partial charge in [0.25, 0.3) is 0 Å². The van der Waals surface area contributed by atoms with Crippen molar-refractivity contribution in [3.05, 3.63) is 65.2 Å². The molecule has 138 valence electrons. The van der Waals surface area contributed by atoms with Gasteiger partial charge in [-0.05, 0) is 55.4 Å². The number of benzene rings is 2. The number of rotatable bonds is 4. The number of esters is 1. The molecule has 5 heteroatoms. The van der Waals surface area contributed by atoms with Crippen molar-refractivity contribution in [2.45, 2.75) is 20.0 Å². The summed E-state index contributed by atoms with van der Waals surface area (Å²) in [5, 5.41) is 0. The molecule has 0 amide bonds. The van der Waals surface area contributed by atoms with Crippen LogP contribution in [0.1, 0.15) is 30.0 Å². The summed E-state index contributed by atoms with van der Waals surface area (Å²) in [5.74, 6) is 1.02. The Morgan fingerprint density at radius 3 is 2.69 bits per heavy atom. The number of ether oxygens (including phenoxy) is 2. The number of hydrogen-bond acceptors (Lipinski definition) is 4. The highest BCUT2D eigenvalue weighted by Gasteiger charge is 2.19. The minimum absolute atomic E-state index is 0. The fourth-order valence-corrected chi connectivity index (χ4v) is 2.97. The van der Waals surface area contributed by atoms with Crippen LogP contribution in [0.25, 0.3) is 5.57 Å². The molecule has 0 N–H and O–H groups in total. The van der Waals surface area contributed by atoms with Crippen LogP contribution in [0.3, 0.4) is 0 Å². The van der Waals surface area contributed by atoms with E-state index in [0.717, 1.165) is 35.4 Å². The van der Waals surface area contributed by atoms with Crippen LogP contribution >= 0.6 is 12.4 Å². The van der Waals surface area contributed by atoms with E-state index in [2.05, 4.69) is 37.2 Å². The summed E-state index contributed by atoms with van der Waals surface area (Å²) >= 11 is 0. The molecule has 4 nitrogen and oxygen atoms in total. The first-order chi connectivity index (χ1) is 12.0. The molecule has 0 atom stereocenters. The second-order valence-electron chi connectivity index (χ2n) is 6.41. The van der Waals surface area contributed by atoms with Gasteiger partial charge in [-0.15, -0.1) is 12.4 Å². The number of hydrogen-bond donors (Lipinski definition) is 0. The van der Waals surface area contributed by atoms with Gasteiger partial charge in [0.2, 0.25) is 0 Å². The second-order valence-corrected chi connectivity index (χ2v) is 6.41. The van der Waals surface area contributed by atoms with Gasteiger partial charge in [-0.3, -0.25) is 4.79 Å². The van der Waals surface area contributed by atoms with Crippen molar-refractivity contribution < 1.29 is 14.3 Å². The summed E-state index contributed by atoms with van der Waals surface area (Å²) in [7, 11) is 4.13. The van der Waals surface area contributed by atoms with E-state index in [1.165, 1.54) is 12.5 Å². The van der Waals surface area contributed by atoms with Crippen molar-refractivity contribution >= 4 is 23.9 Å². The van der Waals surface area contributed by atoms with Gasteiger partial charge < -0.3 is 14.4 Å². The van der Waals surface area contributed by atoms with Crippen LogP contribution in [-0.4, -0.2) is 31.5 Å². The largest absolute Gasteiger partial charge is 0.488 e. The molecule has 1 aliphatic heterocycles. The molecule has 0 radical (unpaired) electrons. The van der Waals surface area contributed by atoms with Crippen molar-refractivity contribution in [3.8, 4) is 11.5 Å². The maximum Gasteiger partial charge on any atom is 0.308 e. The molecule has 1 aliphatic rings. The first kappa shape index (κ1) is 20.0. The highest BCUT2D eigenvalue weighted by molar-refractivity contribution is 5.86. The maximum absolute atomic E-state index is 11.3. The minimum Gasteiger partial charge on any atom is -0.488 e. The molecule has 1 heterocycles. The fraction of sp³-hybridized carbons (Fsp3) is 0.286. The molecular weight excluding hydrogens is 350 g/mol. The van der Waals surface area contributed by atoms with E-state index in [0.29, 0.717) is 12.4 Å². The molecule has 0 aromatic heterocycles. The number of fused-ring (bicyclic) bond motifs is 2. The lowest BCUT2D eigenvalue weighted by atomic mass is 9.93. The van der Waals surface area contributed by atoms with Crippen LogP contribution in [0.2, 0.25) is 0 Å². The lowest BCUT2D eigenvalue weighted by Crippen LogP contribution is -2.12. The van der Waals surface area contributed by atoms with Crippen molar-refractivity contribution in [2.75, 3.05) is 20.6 Å². The van der Waals surface area contributed by atoms with Crippen LogP contribution in [0.5, 0.6) is 11.5 Å². The summed E-state index contributed by atoms with van der Waals surface area (Å²) in [6.45, 7) is 2.90.